The third-order valence-corrected chi connectivity index (χ3v) is 3.14. The molecule has 2 aromatic carbocycles. The van der Waals surface area contributed by atoms with Crippen LogP contribution < -0.4 is 9.47 Å². The van der Waals surface area contributed by atoms with Crippen molar-refractivity contribution in [1.82, 2.24) is 0 Å². The van der Waals surface area contributed by atoms with E-state index in [0.717, 1.165) is 27.5 Å². The molecule has 0 heterocycles. The van der Waals surface area contributed by atoms with Crippen molar-refractivity contribution >= 4 is 17.1 Å². The summed E-state index contributed by atoms with van der Waals surface area (Å²) >= 11 is 5.53. The molecule has 0 atom stereocenters. The van der Waals surface area contributed by atoms with Gasteiger partial charge >= 0.3 is 0 Å². The number of thiocarbonyl (C=S) groups is 1. The number of para-hydroxylation sites is 2. The molecule has 0 aliphatic heterocycles. The van der Waals surface area contributed by atoms with Crippen LogP contribution in [-0.4, -0.2) is 19.1 Å². The van der Waals surface area contributed by atoms with Crippen LogP contribution in [0.15, 0.2) is 48.5 Å². The van der Waals surface area contributed by atoms with Crippen molar-refractivity contribution < 1.29 is 9.47 Å². The second-order valence-electron chi connectivity index (χ2n) is 3.73. The summed E-state index contributed by atoms with van der Waals surface area (Å²) in [4.78, 5) is 0.727. The van der Waals surface area contributed by atoms with Gasteiger partial charge < -0.3 is 9.47 Å². The summed E-state index contributed by atoms with van der Waals surface area (Å²) in [5.74, 6) is 1.54. The fourth-order valence-corrected chi connectivity index (χ4v) is 2.15. The Morgan fingerprint density at radius 3 is 1.56 bits per heavy atom. The first-order valence-electron chi connectivity index (χ1n) is 5.58. The molecule has 0 bridgehead atoms. The number of hydrogen-bond acceptors (Lipinski definition) is 3. The molecule has 0 saturated carbocycles. The number of hydrogen-bond donors (Lipinski definition) is 0. The van der Waals surface area contributed by atoms with Gasteiger partial charge in [0.15, 0.2) is 0 Å². The molecule has 0 fully saturated rings. The number of ether oxygens (including phenoxy) is 2. The predicted octanol–water partition coefficient (Wildman–Crippen LogP) is 3.47. The summed E-state index contributed by atoms with van der Waals surface area (Å²) in [6.07, 6.45) is 0. The first kappa shape index (κ1) is 12.6. The first-order valence-corrected chi connectivity index (χ1v) is 5.99. The van der Waals surface area contributed by atoms with Crippen LogP contribution in [0, 0.1) is 0 Å². The maximum atomic E-state index is 5.53. The molecule has 2 aromatic rings. The topological polar surface area (TPSA) is 18.5 Å². The van der Waals surface area contributed by atoms with Gasteiger partial charge in [-0.2, -0.15) is 0 Å². The fraction of sp³-hybridized carbons (Fsp3) is 0.133. The molecule has 0 saturated heterocycles. The molecular weight excluding hydrogens is 244 g/mol. The van der Waals surface area contributed by atoms with Crippen molar-refractivity contribution in [2.45, 2.75) is 0 Å². The highest BCUT2D eigenvalue weighted by atomic mass is 32.1. The zero-order valence-electron chi connectivity index (χ0n) is 10.3. The van der Waals surface area contributed by atoms with E-state index in [-0.39, 0.29) is 0 Å². The molecule has 0 amide bonds. The van der Waals surface area contributed by atoms with Gasteiger partial charge in [-0.25, -0.2) is 0 Å². The van der Waals surface area contributed by atoms with Gasteiger partial charge in [-0.1, -0.05) is 36.5 Å². The van der Waals surface area contributed by atoms with Crippen LogP contribution in [0.25, 0.3) is 0 Å². The summed E-state index contributed by atoms with van der Waals surface area (Å²) in [5, 5.41) is 0. The molecule has 0 radical (unpaired) electrons. The van der Waals surface area contributed by atoms with Gasteiger partial charge in [0.1, 0.15) is 11.5 Å². The smallest absolute Gasteiger partial charge is 0.127 e. The van der Waals surface area contributed by atoms with Crippen LogP contribution in [0.3, 0.4) is 0 Å². The van der Waals surface area contributed by atoms with Gasteiger partial charge in [-0.3, -0.25) is 0 Å². The summed E-state index contributed by atoms with van der Waals surface area (Å²) in [6.45, 7) is 0. The average Bonchev–Trinajstić information content (AvgIpc) is 2.46. The van der Waals surface area contributed by atoms with E-state index in [0.29, 0.717) is 0 Å². The predicted molar refractivity (Wildman–Crippen MR) is 76.8 cm³/mol. The lowest BCUT2D eigenvalue weighted by atomic mass is 10.0. The number of methoxy groups -OCH3 is 2. The Bertz CT molecular complexity index is 514. The van der Waals surface area contributed by atoms with Crippen LogP contribution in [0.5, 0.6) is 11.5 Å². The van der Waals surface area contributed by atoms with Crippen molar-refractivity contribution in [3.63, 3.8) is 0 Å². The Labute approximate surface area is 112 Å². The Morgan fingerprint density at radius 1 is 0.778 bits per heavy atom. The lowest BCUT2D eigenvalue weighted by molar-refractivity contribution is 0.412. The van der Waals surface area contributed by atoms with Crippen molar-refractivity contribution in [1.29, 1.82) is 0 Å². The van der Waals surface area contributed by atoms with Crippen LogP contribution in [-0.2, 0) is 0 Å². The van der Waals surface area contributed by atoms with E-state index < -0.39 is 0 Å². The Balaban J connectivity index is 2.48. The molecule has 0 aromatic heterocycles. The minimum absolute atomic E-state index is 0.727. The van der Waals surface area contributed by atoms with Crippen molar-refractivity contribution in [3.8, 4) is 11.5 Å². The van der Waals surface area contributed by atoms with Crippen LogP contribution in [0.1, 0.15) is 11.1 Å². The van der Waals surface area contributed by atoms with E-state index in [2.05, 4.69) is 0 Å². The Hall–Kier alpha value is -1.87. The van der Waals surface area contributed by atoms with Crippen molar-refractivity contribution in [3.05, 3.63) is 59.7 Å². The van der Waals surface area contributed by atoms with E-state index in [1.165, 1.54) is 0 Å². The first-order chi connectivity index (χ1) is 8.77. The van der Waals surface area contributed by atoms with Gasteiger partial charge in [0.05, 0.1) is 19.1 Å². The molecule has 2 rings (SSSR count). The molecule has 3 heteroatoms. The summed E-state index contributed by atoms with van der Waals surface area (Å²) in [7, 11) is 3.29. The van der Waals surface area contributed by atoms with Gasteiger partial charge in [-0.05, 0) is 24.3 Å². The maximum absolute atomic E-state index is 5.53. The van der Waals surface area contributed by atoms with Gasteiger partial charge in [-0.15, -0.1) is 0 Å². The number of benzene rings is 2. The van der Waals surface area contributed by atoms with E-state index in [4.69, 9.17) is 21.7 Å². The SMILES string of the molecule is COc1ccccc1C(=S)c1ccccc1OC. The second kappa shape index (κ2) is 5.65. The van der Waals surface area contributed by atoms with Gasteiger partial charge in [0.2, 0.25) is 0 Å². The van der Waals surface area contributed by atoms with Crippen molar-refractivity contribution in [2.75, 3.05) is 14.2 Å². The van der Waals surface area contributed by atoms with E-state index in [9.17, 15) is 0 Å². The molecule has 2 nitrogen and oxygen atoms in total. The molecule has 0 spiro atoms. The van der Waals surface area contributed by atoms with E-state index in [1.54, 1.807) is 14.2 Å². The lowest BCUT2D eigenvalue weighted by Gasteiger charge is -2.12. The minimum atomic E-state index is 0.727. The Kier molecular flexibility index (Phi) is 3.95. The molecule has 18 heavy (non-hydrogen) atoms. The summed E-state index contributed by atoms with van der Waals surface area (Å²) in [5.41, 5.74) is 1.80. The molecule has 92 valence electrons. The molecule has 0 unspecified atom stereocenters. The second-order valence-corrected chi connectivity index (χ2v) is 4.14. The fourth-order valence-electron chi connectivity index (χ4n) is 1.81. The van der Waals surface area contributed by atoms with Gasteiger partial charge in [0.25, 0.3) is 0 Å². The monoisotopic (exact) mass is 258 g/mol. The highest BCUT2D eigenvalue weighted by Crippen LogP contribution is 2.26. The molecule has 0 aliphatic carbocycles. The number of rotatable bonds is 4. The van der Waals surface area contributed by atoms with Gasteiger partial charge in [0, 0.05) is 11.1 Å². The molecule has 0 N–H and O–H groups in total. The zero-order chi connectivity index (χ0) is 13.0. The maximum Gasteiger partial charge on any atom is 0.127 e. The largest absolute Gasteiger partial charge is 0.496 e. The standard InChI is InChI=1S/C15H14O2S/c1-16-13-9-5-3-7-11(13)15(18)12-8-4-6-10-14(12)17-2/h3-10H,1-2H3. The quantitative estimate of drug-likeness (QED) is 0.618. The third kappa shape index (κ3) is 2.36. The van der Waals surface area contributed by atoms with E-state index in [1.807, 2.05) is 48.5 Å². The average molecular weight is 258 g/mol. The summed E-state index contributed by atoms with van der Waals surface area (Å²) in [6, 6.07) is 15.4. The molecular formula is C15H14O2S. The van der Waals surface area contributed by atoms with E-state index >= 15 is 0 Å². The van der Waals surface area contributed by atoms with Crippen LogP contribution in [0.2, 0.25) is 0 Å². The molecule has 0 aliphatic rings. The third-order valence-electron chi connectivity index (χ3n) is 2.70. The lowest BCUT2D eigenvalue weighted by Crippen LogP contribution is -2.04. The summed E-state index contributed by atoms with van der Waals surface area (Å²) < 4.78 is 10.7. The minimum Gasteiger partial charge on any atom is -0.496 e. The normalized spacial score (nSPS) is 9.89. The zero-order valence-corrected chi connectivity index (χ0v) is 11.2. The van der Waals surface area contributed by atoms with Crippen molar-refractivity contribution in [2.24, 2.45) is 0 Å². The van der Waals surface area contributed by atoms with Crippen LogP contribution in [0.4, 0.5) is 0 Å². The Morgan fingerprint density at radius 2 is 1.17 bits per heavy atom. The highest BCUT2D eigenvalue weighted by Gasteiger charge is 2.13. The van der Waals surface area contributed by atoms with Crippen LogP contribution >= 0.6 is 12.2 Å². The highest BCUT2D eigenvalue weighted by molar-refractivity contribution is 7.81.